The summed E-state index contributed by atoms with van der Waals surface area (Å²) in [5, 5.41) is 2.77. The van der Waals surface area contributed by atoms with Crippen LogP contribution in [-0.4, -0.2) is 39.8 Å². The van der Waals surface area contributed by atoms with Crippen molar-refractivity contribution in [2.24, 2.45) is 0 Å². The second-order valence-corrected chi connectivity index (χ2v) is 8.62. The Labute approximate surface area is 180 Å². The van der Waals surface area contributed by atoms with E-state index in [0.717, 1.165) is 24.6 Å². The lowest BCUT2D eigenvalue weighted by atomic mass is 10.2. The fraction of sp³-hybridized carbons (Fsp3) is 0.300. The normalized spacial score (nSPS) is 15.9. The van der Waals surface area contributed by atoms with Crippen LogP contribution in [0.3, 0.4) is 0 Å². The molecule has 0 bridgehead atoms. The van der Waals surface area contributed by atoms with Gasteiger partial charge >= 0.3 is 0 Å². The summed E-state index contributed by atoms with van der Waals surface area (Å²) in [6, 6.07) is 10.6. The molecule has 10 heteroatoms. The van der Waals surface area contributed by atoms with Gasteiger partial charge in [-0.3, -0.25) is 29.8 Å². The minimum absolute atomic E-state index is 0.00102. The molecular formula is C20H20N4O4S2. The molecule has 3 aromatic rings. The van der Waals surface area contributed by atoms with Crippen molar-refractivity contribution in [3.8, 4) is 0 Å². The highest BCUT2D eigenvalue weighted by molar-refractivity contribution is 7.99. The number of hydrogen-bond donors (Lipinski definition) is 2. The van der Waals surface area contributed by atoms with E-state index in [0.29, 0.717) is 34.1 Å². The van der Waals surface area contributed by atoms with Crippen LogP contribution in [0.1, 0.15) is 22.5 Å². The van der Waals surface area contributed by atoms with Crippen LogP contribution in [-0.2, 0) is 16.1 Å². The zero-order chi connectivity index (χ0) is 20.9. The number of nitrogens with zero attached hydrogens (tertiary/aromatic N) is 2. The van der Waals surface area contributed by atoms with Crippen molar-refractivity contribution in [1.82, 2.24) is 20.4 Å². The number of fused-ring (bicyclic) bond motifs is 1. The summed E-state index contributed by atoms with van der Waals surface area (Å²) in [7, 11) is 0. The fourth-order valence-electron chi connectivity index (χ4n) is 3.17. The third-order valence-corrected chi connectivity index (χ3v) is 6.47. The molecule has 0 spiro atoms. The number of aromatic nitrogens is 2. The number of thioether (sulfide) groups is 1. The molecule has 0 saturated carbocycles. The van der Waals surface area contributed by atoms with Gasteiger partial charge in [-0.15, -0.1) is 11.3 Å². The van der Waals surface area contributed by atoms with Crippen molar-refractivity contribution in [2.75, 3.05) is 12.4 Å². The number of carbonyl (C=O) groups excluding carboxylic acids is 2. The highest BCUT2D eigenvalue weighted by atomic mass is 32.2. The van der Waals surface area contributed by atoms with Gasteiger partial charge in [0.05, 0.1) is 34.2 Å². The number of nitrogens with one attached hydrogen (secondary N) is 2. The smallest absolute Gasteiger partial charge is 0.279 e. The SMILES string of the molecule is O=C(CSc1nc2ccccc2c(=O)n1C[C@H]1CCCO1)NNC(=O)c1cccs1. The molecule has 30 heavy (non-hydrogen) atoms. The number of ether oxygens (including phenoxy) is 1. The van der Waals surface area contributed by atoms with Crippen LogP contribution in [0.2, 0.25) is 0 Å². The summed E-state index contributed by atoms with van der Waals surface area (Å²) in [5.41, 5.74) is 5.21. The van der Waals surface area contributed by atoms with Crippen LogP contribution in [0.5, 0.6) is 0 Å². The van der Waals surface area contributed by atoms with E-state index in [1.54, 1.807) is 40.3 Å². The molecule has 4 rings (SSSR count). The average molecular weight is 445 g/mol. The maximum Gasteiger partial charge on any atom is 0.279 e. The van der Waals surface area contributed by atoms with Gasteiger partial charge in [-0.2, -0.15) is 0 Å². The Hall–Kier alpha value is -2.69. The number of benzene rings is 1. The number of rotatable bonds is 6. The van der Waals surface area contributed by atoms with Crippen LogP contribution < -0.4 is 16.4 Å². The van der Waals surface area contributed by atoms with Crippen molar-refractivity contribution < 1.29 is 14.3 Å². The lowest BCUT2D eigenvalue weighted by Gasteiger charge is -2.16. The third-order valence-electron chi connectivity index (χ3n) is 4.63. The number of para-hydroxylation sites is 1. The predicted octanol–water partition coefficient (Wildman–Crippen LogP) is 2.19. The molecule has 2 aromatic heterocycles. The summed E-state index contributed by atoms with van der Waals surface area (Å²) in [6.07, 6.45) is 1.82. The Kier molecular flexibility index (Phi) is 6.46. The molecule has 2 N–H and O–H groups in total. The summed E-state index contributed by atoms with van der Waals surface area (Å²) in [4.78, 5) is 42.3. The van der Waals surface area contributed by atoms with E-state index >= 15 is 0 Å². The first kappa shape index (κ1) is 20.6. The van der Waals surface area contributed by atoms with E-state index in [1.807, 2.05) is 6.07 Å². The zero-order valence-electron chi connectivity index (χ0n) is 16.0. The molecule has 156 valence electrons. The van der Waals surface area contributed by atoms with Gasteiger partial charge in [-0.05, 0) is 36.4 Å². The Morgan fingerprint density at radius 3 is 2.87 bits per heavy atom. The van der Waals surface area contributed by atoms with E-state index in [1.165, 1.54) is 11.3 Å². The van der Waals surface area contributed by atoms with Crippen LogP contribution in [0.15, 0.2) is 51.7 Å². The highest BCUT2D eigenvalue weighted by Gasteiger charge is 2.20. The summed E-state index contributed by atoms with van der Waals surface area (Å²) in [6.45, 7) is 1.09. The highest BCUT2D eigenvalue weighted by Crippen LogP contribution is 2.20. The Bertz CT molecular complexity index is 1110. The summed E-state index contributed by atoms with van der Waals surface area (Å²) in [5.74, 6) is -0.764. The van der Waals surface area contributed by atoms with Crippen molar-refractivity contribution >= 4 is 45.8 Å². The fourth-order valence-corrected chi connectivity index (χ4v) is 4.60. The quantitative estimate of drug-likeness (QED) is 0.343. The van der Waals surface area contributed by atoms with Crippen LogP contribution in [0, 0.1) is 0 Å². The monoisotopic (exact) mass is 444 g/mol. The van der Waals surface area contributed by atoms with E-state index in [9.17, 15) is 14.4 Å². The summed E-state index contributed by atoms with van der Waals surface area (Å²) >= 11 is 2.44. The molecule has 0 unspecified atom stereocenters. The molecule has 2 amide bonds. The maximum atomic E-state index is 13.0. The van der Waals surface area contributed by atoms with E-state index in [2.05, 4.69) is 15.8 Å². The summed E-state index contributed by atoms with van der Waals surface area (Å²) < 4.78 is 7.27. The lowest BCUT2D eigenvalue weighted by molar-refractivity contribution is -0.119. The number of hydrogen-bond acceptors (Lipinski definition) is 7. The molecule has 1 atom stereocenters. The second kappa shape index (κ2) is 9.41. The zero-order valence-corrected chi connectivity index (χ0v) is 17.6. The minimum Gasteiger partial charge on any atom is -0.376 e. The first-order valence-electron chi connectivity index (χ1n) is 9.48. The van der Waals surface area contributed by atoms with E-state index in [-0.39, 0.29) is 23.3 Å². The molecular weight excluding hydrogens is 424 g/mol. The van der Waals surface area contributed by atoms with Crippen molar-refractivity contribution in [2.45, 2.75) is 30.6 Å². The molecule has 1 aromatic carbocycles. The maximum absolute atomic E-state index is 13.0. The molecule has 3 heterocycles. The third kappa shape index (κ3) is 4.72. The van der Waals surface area contributed by atoms with Gasteiger partial charge in [-0.25, -0.2) is 4.98 Å². The van der Waals surface area contributed by atoms with E-state index in [4.69, 9.17) is 4.74 Å². The van der Waals surface area contributed by atoms with Gasteiger partial charge in [-0.1, -0.05) is 30.0 Å². The van der Waals surface area contributed by atoms with Crippen LogP contribution in [0.25, 0.3) is 10.9 Å². The molecule has 1 aliphatic rings. The van der Waals surface area contributed by atoms with Gasteiger partial charge < -0.3 is 4.74 Å². The van der Waals surface area contributed by atoms with Crippen molar-refractivity contribution in [3.63, 3.8) is 0 Å². The Morgan fingerprint density at radius 2 is 2.10 bits per heavy atom. The second-order valence-electron chi connectivity index (χ2n) is 6.73. The number of hydrazine groups is 1. The number of amides is 2. The van der Waals surface area contributed by atoms with Crippen LogP contribution in [0.4, 0.5) is 0 Å². The largest absolute Gasteiger partial charge is 0.376 e. The molecule has 0 radical (unpaired) electrons. The molecule has 8 nitrogen and oxygen atoms in total. The molecule has 1 saturated heterocycles. The van der Waals surface area contributed by atoms with Crippen molar-refractivity contribution in [3.05, 3.63) is 57.0 Å². The predicted molar refractivity (Wildman–Crippen MR) is 116 cm³/mol. The van der Waals surface area contributed by atoms with Crippen molar-refractivity contribution in [1.29, 1.82) is 0 Å². The first-order valence-corrected chi connectivity index (χ1v) is 11.3. The molecule has 1 fully saturated rings. The lowest BCUT2D eigenvalue weighted by Crippen LogP contribution is -2.42. The Morgan fingerprint density at radius 1 is 1.23 bits per heavy atom. The molecule has 0 aliphatic carbocycles. The number of carbonyl (C=O) groups is 2. The molecule has 1 aliphatic heterocycles. The topological polar surface area (TPSA) is 102 Å². The van der Waals surface area contributed by atoms with Gasteiger partial charge in [0.1, 0.15) is 0 Å². The van der Waals surface area contributed by atoms with Gasteiger partial charge in [0.15, 0.2) is 5.16 Å². The van der Waals surface area contributed by atoms with Crippen LogP contribution >= 0.6 is 23.1 Å². The van der Waals surface area contributed by atoms with E-state index < -0.39 is 5.91 Å². The number of thiophene rings is 1. The average Bonchev–Trinajstić information content (AvgIpc) is 3.47. The van der Waals surface area contributed by atoms with Gasteiger partial charge in [0.2, 0.25) is 5.91 Å². The van der Waals surface area contributed by atoms with Gasteiger partial charge in [0.25, 0.3) is 11.5 Å². The first-order chi connectivity index (χ1) is 14.6. The van der Waals surface area contributed by atoms with Gasteiger partial charge in [0, 0.05) is 6.61 Å². The minimum atomic E-state index is -0.393. The standard InChI is InChI=1S/C20H20N4O4S2/c25-17(22-23-18(26)16-8-4-10-29-16)12-30-20-21-15-7-2-1-6-14(15)19(27)24(20)11-13-5-3-9-28-13/h1-2,4,6-8,10,13H,3,5,9,11-12H2,(H,22,25)(H,23,26)/t13-/m1/s1. The Balaban J connectivity index is 1.47.